The molecule has 0 spiro atoms. The molecule has 0 saturated heterocycles. The number of benzene rings is 1. The minimum Gasteiger partial charge on any atom is -0.496 e. The largest absolute Gasteiger partial charge is 0.496 e. The zero-order valence-corrected chi connectivity index (χ0v) is 8.80. The molecule has 0 amide bonds. The summed E-state index contributed by atoms with van der Waals surface area (Å²) in [6.45, 7) is 0.665. The normalized spacial score (nSPS) is 17.1. The Morgan fingerprint density at radius 1 is 1.47 bits per heavy atom. The fraction of sp³-hybridized carbons (Fsp3) is 0.273. The van der Waals surface area contributed by atoms with E-state index in [4.69, 9.17) is 22.1 Å². The van der Waals surface area contributed by atoms with Gasteiger partial charge in [0.25, 0.3) is 0 Å². The molecule has 0 fully saturated rings. The van der Waals surface area contributed by atoms with Crippen LogP contribution in [-0.2, 0) is 4.74 Å². The van der Waals surface area contributed by atoms with Gasteiger partial charge in [-0.2, -0.15) is 0 Å². The summed E-state index contributed by atoms with van der Waals surface area (Å²) in [4.78, 5) is 0. The molecule has 0 aliphatic carbocycles. The van der Waals surface area contributed by atoms with E-state index in [9.17, 15) is 4.39 Å². The van der Waals surface area contributed by atoms with Gasteiger partial charge >= 0.3 is 0 Å². The maximum atomic E-state index is 12.9. The molecular formula is C11H11ClFNO. The van der Waals surface area contributed by atoms with Crippen molar-refractivity contribution in [2.75, 3.05) is 6.61 Å². The molecule has 2 nitrogen and oxygen atoms in total. The Morgan fingerprint density at radius 3 is 2.87 bits per heavy atom. The zero-order chi connectivity index (χ0) is 10.8. The van der Waals surface area contributed by atoms with E-state index in [1.807, 2.05) is 6.08 Å². The maximum absolute atomic E-state index is 12.9. The molecule has 1 heterocycles. The van der Waals surface area contributed by atoms with E-state index < -0.39 is 5.82 Å². The summed E-state index contributed by atoms with van der Waals surface area (Å²) in [5.74, 6) is 0.298. The Hall–Kier alpha value is -1.06. The van der Waals surface area contributed by atoms with Crippen LogP contribution in [0.2, 0.25) is 5.02 Å². The fourth-order valence-corrected chi connectivity index (χ4v) is 1.71. The second kappa shape index (κ2) is 4.21. The number of nitrogens with two attached hydrogens (primary N) is 1. The highest BCUT2D eigenvalue weighted by atomic mass is 35.5. The van der Waals surface area contributed by atoms with Gasteiger partial charge in [0, 0.05) is 6.42 Å². The van der Waals surface area contributed by atoms with Crippen LogP contribution in [0.3, 0.4) is 0 Å². The van der Waals surface area contributed by atoms with Gasteiger partial charge < -0.3 is 10.5 Å². The summed E-state index contributed by atoms with van der Waals surface area (Å²) in [5.41, 5.74) is 6.70. The van der Waals surface area contributed by atoms with Crippen LogP contribution in [0.25, 0.3) is 0 Å². The topological polar surface area (TPSA) is 35.2 Å². The van der Waals surface area contributed by atoms with Gasteiger partial charge in [0.15, 0.2) is 0 Å². The molecule has 0 bridgehead atoms. The Labute approximate surface area is 92.5 Å². The van der Waals surface area contributed by atoms with Gasteiger partial charge in [-0.3, -0.25) is 0 Å². The van der Waals surface area contributed by atoms with Crippen molar-refractivity contribution in [3.05, 3.63) is 46.4 Å². The van der Waals surface area contributed by atoms with E-state index in [0.717, 1.165) is 17.7 Å². The molecule has 1 aliphatic heterocycles. The van der Waals surface area contributed by atoms with Gasteiger partial charge in [-0.25, -0.2) is 4.39 Å². The highest BCUT2D eigenvalue weighted by Gasteiger charge is 2.17. The van der Waals surface area contributed by atoms with E-state index in [0.29, 0.717) is 6.61 Å². The van der Waals surface area contributed by atoms with Crippen molar-refractivity contribution in [1.29, 1.82) is 0 Å². The Kier molecular flexibility index (Phi) is 2.93. The third-order valence-corrected chi connectivity index (χ3v) is 2.63. The number of hydrogen-bond acceptors (Lipinski definition) is 2. The first-order valence-corrected chi connectivity index (χ1v) is 5.09. The van der Waals surface area contributed by atoms with Crippen LogP contribution in [0.4, 0.5) is 4.39 Å². The van der Waals surface area contributed by atoms with Gasteiger partial charge in [-0.1, -0.05) is 17.7 Å². The molecule has 1 unspecified atom stereocenters. The summed E-state index contributed by atoms with van der Waals surface area (Å²) in [6.07, 6.45) is 2.82. The number of halogens is 2. The summed E-state index contributed by atoms with van der Waals surface area (Å²) in [5, 5.41) is 0.0848. The molecular weight excluding hydrogens is 217 g/mol. The van der Waals surface area contributed by atoms with Crippen LogP contribution >= 0.6 is 11.6 Å². The van der Waals surface area contributed by atoms with E-state index in [1.54, 1.807) is 6.07 Å². The highest BCUT2D eigenvalue weighted by Crippen LogP contribution is 2.26. The predicted molar refractivity (Wildman–Crippen MR) is 57.0 cm³/mol. The second-order valence-corrected chi connectivity index (χ2v) is 3.80. The van der Waals surface area contributed by atoms with Crippen molar-refractivity contribution in [3.63, 3.8) is 0 Å². The molecule has 1 aliphatic rings. The first-order chi connectivity index (χ1) is 7.18. The van der Waals surface area contributed by atoms with Crippen LogP contribution in [0.15, 0.2) is 30.0 Å². The van der Waals surface area contributed by atoms with Crippen LogP contribution in [0, 0.1) is 5.82 Å². The number of hydrogen-bond donors (Lipinski definition) is 1. The Morgan fingerprint density at radius 2 is 2.27 bits per heavy atom. The lowest BCUT2D eigenvalue weighted by Gasteiger charge is -2.13. The van der Waals surface area contributed by atoms with Crippen LogP contribution in [-0.4, -0.2) is 6.61 Å². The first-order valence-electron chi connectivity index (χ1n) is 4.72. The minimum absolute atomic E-state index is 0.0848. The van der Waals surface area contributed by atoms with E-state index >= 15 is 0 Å². The molecule has 80 valence electrons. The van der Waals surface area contributed by atoms with Gasteiger partial charge in [0.1, 0.15) is 11.6 Å². The SMILES string of the molecule is NC(C1=CCCO1)c1ccc(F)c(Cl)c1. The average molecular weight is 228 g/mol. The van der Waals surface area contributed by atoms with Crippen molar-refractivity contribution in [2.24, 2.45) is 5.73 Å². The second-order valence-electron chi connectivity index (χ2n) is 3.39. The third-order valence-electron chi connectivity index (χ3n) is 2.34. The van der Waals surface area contributed by atoms with Gasteiger partial charge in [-0.05, 0) is 23.8 Å². The quantitative estimate of drug-likeness (QED) is 0.843. The fourth-order valence-electron chi connectivity index (χ4n) is 1.52. The van der Waals surface area contributed by atoms with E-state index in [-0.39, 0.29) is 11.1 Å². The number of ether oxygens (including phenoxy) is 1. The Bertz CT molecular complexity index is 406. The van der Waals surface area contributed by atoms with Crippen LogP contribution < -0.4 is 5.73 Å². The third kappa shape index (κ3) is 2.13. The van der Waals surface area contributed by atoms with Crippen molar-refractivity contribution in [3.8, 4) is 0 Å². The average Bonchev–Trinajstić information content (AvgIpc) is 2.74. The molecule has 2 N–H and O–H groups in total. The summed E-state index contributed by atoms with van der Waals surface area (Å²) >= 11 is 5.67. The van der Waals surface area contributed by atoms with Gasteiger partial charge in [0.2, 0.25) is 0 Å². The standard InChI is InChI=1S/C11H11ClFNO/c12-8-6-7(3-4-9(8)13)11(14)10-2-1-5-15-10/h2-4,6,11H,1,5,14H2. The van der Waals surface area contributed by atoms with Crippen LogP contribution in [0.1, 0.15) is 18.0 Å². The van der Waals surface area contributed by atoms with Gasteiger partial charge in [0.05, 0.1) is 17.7 Å². The Balaban J connectivity index is 2.25. The van der Waals surface area contributed by atoms with Gasteiger partial charge in [-0.15, -0.1) is 0 Å². The molecule has 1 aromatic rings. The monoisotopic (exact) mass is 227 g/mol. The lowest BCUT2D eigenvalue weighted by molar-refractivity contribution is 0.225. The lowest BCUT2D eigenvalue weighted by Crippen LogP contribution is -2.13. The lowest BCUT2D eigenvalue weighted by atomic mass is 10.1. The maximum Gasteiger partial charge on any atom is 0.141 e. The molecule has 4 heteroatoms. The molecule has 1 atom stereocenters. The number of rotatable bonds is 2. The summed E-state index contributed by atoms with van der Waals surface area (Å²) in [6, 6.07) is 4.11. The molecule has 0 saturated carbocycles. The van der Waals surface area contributed by atoms with Crippen molar-refractivity contribution in [1.82, 2.24) is 0 Å². The van der Waals surface area contributed by atoms with Crippen molar-refractivity contribution >= 4 is 11.6 Å². The van der Waals surface area contributed by atoms with Crippen molar-refractivity contribution in [2.45, 2.75) is 12.5 Å². The molecule has 0 aromatic heterocycles. The molecule has 0 radical (unpaired) electrons. The van der Waals surface area contributed by atoms with E-state index in [1.165, 1.54) is 12.1 Å². The first kappa shape index (κ1) is 10.5. The smallest absolute Gasteiger partial charge is 0.141 e. The molecule has 15 heavy (non-hydrogen) atoms. The molecule has 1 aromatic carbocycles. The summed E-state index contributed by atoms with van der Waals surface area (Å²) < 4.78 is 18.3. The van der Waals surface area contributed by atoms with E-state index in [2.05, 4.69) is 0 Å². The minimum atomic E-state index is -0.436. The molecule has 2 rings (SSSR count). The highest BCUT2D eigenvalue weighted by molar-refractivity contribution is 6.30. The zero-order valence-electron chi connectivity index (χ0n) is 8.04. The van der Waals surface area contributed by atoms with Crippen molar-refractivity contribution < 1.29 is 9.13 Å². The predicted octanol–water partition coefficient (Wildman–Crippen LogP) is 2.78. The summed E-state index contributed by atoms with van der Waals surface area (Å²) in [7, 11) is 0. The van der Waals surface area contributed by atoms with Crippen LogP contribution in [0.5, 0.6) is 0 Å².